The van der Waals surface area contributed by atoms with E-state index in [1.165, 1.54) is 0 Å². The predicted molar refractivity (Wildman–Crippen MR) is 35.7 cm³/mol. The van der Waals surface area contributed by atoms with Crippen LogP contribution in [-0.2, 0) is 0 Å². The normalized spacial score (nSPS) is 10.5. The molecule has 0 fully saturated rings. The summed E-state index contributed by atoms with van der Waals surface area (Å²) in [5.74, 6) is -5.31. The van der Waals surface area contributed by atoms with E-state index < -0.39 is 34.4 Å². The molecule has 66 valence electrons. The monoisotopic (exact) mass is 178 g/mol. The smallest absolute Gasteiger partial charge is 0.165 e. The van der Waals surface area contributed by atoms with Crippen molar-refractivity contribution in [2.45, 2.75) is 13.8 Å². The van der Waals surface area contributed by atoms with Crippen molar-refractivity contribution in [2.75, 3.05) is 0 Å². The van der Waals surface area contributed by atoms with Crippen molar-refractivity contribution >= 4 is 0 Å². The highest BCUT2D eigenvalue weighted by Gasteiger charge is 2.19. The third-order valence-electron chi connectivity index (χ3n) is 1.70. The maximum absolute atomic E-state index is 12.7. The minimum atomic E-state index is -1.33. The average Bonchev–Trinajstić information content (AvgIpc) is 2.08. The number of hydrogen-bond donors (Lipinski definition) is 0. The number of rotatable bonds is 0. The SMILES string of the molecule is Cc1c(F)c(F)c(C)c(F)c1F. The van der Waals surface area contributed by atoms with Gasteiger partial charge in [0.15, 0.2) is 23.3 Å². The van der Waals surface area contributed by atoms with Gasteiger partial charge in [-0.05, 0) is 13.8 Å². The van der Waals surface area contributed by atoms with Gasteiger partial charge in [0, 0.05) is 11.1 Å². The summed E-state index contributed by atoms with van der Waals surface area (Å²) in [6.07, 6.45) is 0. The van der Waals surface area contributed by atoms with Crippen molar-refractivity contribution < 1.29 is 17.6 Å². The average molecular weight is 178 g/mol. The zero-order valence-corrected chi connectivity index (χ0v) is 6.51. The third kappa shape index (κ3) is 1.07. The van der Waals surface area contributed by atoms with Crippen LogP contribution in [0.4, 0.5) is 17.6 Å². The van der Waals surface area contributed by atoms with Gasteiger partial charge in [0.25, 0.3) is 0 Å². The molecule has 1 aromatic carbocycles. The molecule has 0 saturated heterocycles. The molecule has 0 unspecified atom stereocenters. The number of benzene rings is 1. The highest BCUT2D eigenvalue weighted by Crippen LogP contribution is 2.22. The lowest BCUT2D eigenvalue weighted by atomic mass is 10.1. The van der Waals surface area contributed by atoms with Gasteiger partial charge in [0.05, 0.1) is 0 Å². The van der Waals surface area contributed by atoms with Gasteiger partial charge in [-0.3, -0.25) is 0 Å². The molecule has 0 aliphatic heterocycles. The molecule has 0 atom stereocenters. The first kappa shape index (κ1) is 9.03. The minimum Gasteiger partial charge on any atom is -0.203 e. The quantitative estimate of drug-likeness (QED) is 0.423. The Morgan fingerprint density at radius 1 is 0.583 bits per heavy atom. The standard InChI is InChI=1S/C8H6F4/c1-3-5(9)7(11)4(2)8(12)6(3)10/h1-2H3. The molecule has 0 bridgehead atoms. The Balaban J connectivity index is 3.60. The van der Waals surface area contributed by atoms with Crippen molar-refractivity contribution in [2.24, 2.45) is 0 Å². The molecule has 0 heterocycles. The van der Waals surface area contributed by atoms with Crippen molar-refractivity contribution in [1.82, 2.24) is 0 Å². The van der Waals surface area contributed by atoms with Crippen LogP contribution in [0, 0.1) is 37.1 Å². The summed E-state index contributed by atoms with van der Waals surface area (Å²) in [6, 6.07) is 0. The fourth-order valence-electron chi connectivity index (χ4n) is 0.851. The lowest BCUT2D eigenvalue weighted by Gasteiger charge is -2.04. The lowest BCUT2D eigenvalue weighted by Crippen LogP contribution is -2.02. The first-order valence-corrected chi connectivity index (χ1v) is 3.26. The van der Waals surface area contributed by atoms with E-state index in [0.717, 1.165) is 13.8 Å². The summed E-state index contributed by atoms with van der Waals surface area (Å²) in [7, 11) is 0. The molecule has 0 aliphatic rings. The summed E-state index contributed by atoms with van der Waals surface area (Å²) >= 11 is 0. The molecule has 0 spiro atoms. The van der Waals surface area contributed by atoms with Gasteiger partial charge in [0.2, 0.25) is 0 Å². The van der Waals surface area contributed by atoms with Crippen molar-refractivity contribution in [3.8, 4) is 0 Å². The highest BCUT2D eigenvalue weighted by atomic mass is 19.2. The van der Waals surface area contributed by atoms with Crippen molar-refractivity contribution in [3.05, 3.63) is 34.4 Å². The van der Waals surface area contributed by atoms with Crippen LogP contribution in [0.5, 0.6) is 0 Å². The second-order valence-corrected chi connectivity index (χ2v) is 2.51. The third-order valence-corrected chi connectivity index (χ3v) is 1.70. The van der Waals surface area contributed by atoms with Crippen LogP contribution in [0.2, 0.25) is 0 Å². The van der Waals surface area contributed by atoms with Crippen LogP contribution in [0.25, 0.3) is 0 Å². The Morgan fingerprint density at radius 2 is 0.750 bits per heavy atom. The summed E-state index contributed by atoms with van der Waals surface area (Å²) in [5.41, 5.74) is -1.26. The first-order chi connectivity index (χ1) is 5.46. The van der Waals surface area contributed by atoms with E-state index in [2.05, 4.69) is 0 Å². The molecular weight excluding hydrogens is 172 g/mol. The van der Waals surface area contributed by atoms with Gasteiger partial charge >= 0.3 is 0 Å². The van der Waals surface area contributed by atoms with Gasteiger partial charge in [-0.2, -0.15) is 0 Å². The first-order valence-electron chi connectivity index (χ1n) is 3.26. The molecule has 0 saturated carbocycles. The molecule has 0 amide bonds. The van der Waals surface area contributed by atoms with Crippen molar-refractivity contribution in [1.29, 1.82) is 0 Å². The summed E-state index contributed by atoms with van der Waals surface area (Å²) in [6.45, 7) is 1.96. The Morgan fingerprint density at radius 3 is 0.917 bits per heavy atom. The topological polar surface area (TPSA) is 0 Å². The van der Waals surface area contributed by atoms with E-state index in [1.807, 2.05) is 0 Å². The van der Waals surface area contributed by atoms with Crippen LogP contribution in [-0.4, -0.2) is 0 Å². The Kier molecular flexibility index (Phi) is 2.08. The molecule has 0 N–H and O–H groups in total. The molecule has 12 heavy (non-hydrogen) atoms. The van der Waals surface area contributed by atoms with Crippen LogP contribution in [0.15, 0.2) is 0 Å². The minimum absolute atomic E-state index is 0.629. The van der Waals surface area contributed by atoms with Crippen LogP contribution in [0.1, 0.15) is 11.1 Å². The molecule has 1 aromatic rings. The van der Waals surface area contributed by atoms with E-state index in [4.69, 9.17) is 0 Å². The maximum atomic E-state index is 12.7. The van der Waals surface area contributed by atoms with E-state index in [9.17, 15) is 17.6 Å². The Labute approximate surface area is 66.8 Å². The molecular formula is C8H6F4. The van der Waals surface area contributed by atoms with Crippen molar-refractivity contribution in [3.63, 3.8) is 0 Å². The van der Waals surface area contributed by atoms with Gasteiger partial charge < -0.3 is 0 Å². The lowest BCUT2D eigenvalue weighted by molar-refractivity contribution is 0.436. The van der Waals surface area contributed by atoms with E-state index >= 15 is 0 Å². The highest BCUT2D eigenvalue weighted by molar-refractivity contribution is 5.27. The Hall–Kier alpha value is -1.06. The molecule has 0 nitrogen and oxygen atoms in total. The maximum Gasteiger partial charge on any atom is 0.165 e. The fraction of sp³-hybridized carbons (Fsp3) is 0.250. The van der Waals surface area contributed by atoms with Crippen LogP contribution >= 0.6 is 0 Å². The predicted octanol–water partition coefficient (Wildman–Crippen LogP) is 2.86. The fourth-order valence-corrected chi connectivity index (χ4v) is 0.851. The van der Waals surface area contributed by atoms with Gasteiger partial charge in [-0.15, -0.1) is 0 Å². The Bertz CT molecular complexity index is 225. The number of halogens is 4. The van der Waals surface area contributed by atoms with E-state index in [1.54, 1.807) is 0 Å². The molecule has 4 heteroatoms. The van der Waals surface area contributed by atoms with E-state index in [-0.39, 0.29) is 0 Å². The largest absolute Gasteiger partial charge is 0.203 e. The van der Waals surface area contributed by atoms with Crippen LogP contribution < -0.4 is 0 Å². The van der Waals surface area contributed by atoms with Crippen LogP contribution in [0.3, 0.4) is 0 Å². The van der Waals surface area contributed by atoms with Gasteiger partial charge in [0.1, 0.15) is 0 Å². The summed E-state index contributed by atoms with van der Waals surface area (Å²) in [5, 5.41) is 0. The molecule has 0 aromatic heterocycles. The zero-order valence-electron chi connectivity index (χ0n) is 6.51. The van der Waals surface area contributed by atoms with Gasteiger partial charge in [-0.1, -0.05) is 0 Å². The molecule has 0 aliphatic carbocycles. The van der Waals surface area contributed by atoms with Gasteiger partial charge in [-0.25, -0.2) is 17.6 Å². The van der Waals surface area contributed by atoms with E-state index in [0.29, 0.717) is 0 Å². The zero-order chi connectivity index (χ0) is 9.46. The molecule has 1 rings (SSSR count). The molecule has 0 radical (unpaired) electrons. The second-order valence-electron chi connectivity index (χ2n) is 2.51. The summed E-state index contributed by atoms with van der Waals surface area (Å²) < 4.78 is 50.6. The number of hydrogen-bond acceptors (Lipinski definition) is 0. The second kappa shape index (κ2) is 2.77. The summed E-state index contributed by atoms with van der Waals surface area (Å²) in [4.78, 5) is 0.